The first kappa shape index (κ1) is 12.9. The van der Waals surface area contributed by atoms with Gasteiger partial charge in [0.05, 0.1) is 6.61 Å². The van der Waals surface area contributed by atoms with Gasteiger partial charge < -0.3 is 10.0 Å². The van der Waals surface area contributed by atoms with Crippen molar-refractivity contribution < 1.29 is 5.11 Å². The van der Waals surface area contributed by atoms with E-state index < -0.39 is 0 Å². The Morgan fingerprint density at radius 1 is 1.21 bits per heavy atom. The quantitative estimate of drug-likeness (QED) is 0.902. The molecule has 0 amide bonds. The summed E-state index contributed by atoms with van der Waals surface area (Å²) in [5, 5.41) is 9.18. The van der Waals surface area contributed by atoms with Gasteiger partial charge in [0.25, 0.3) is 0 Å². The van der Waals surface area contributed by atoms with E-state index in [0.29, 0.717) is 0 Å². The maximum Gasteiger partial charge on any atom is 0.0681 e. The molecular weight excluding hydrogens is 236 g/mol. The zero-order valence-electron chi connectivity index (χ0n) is 11.8. The average Bonchev–Trinajstić information content (AvgIpc) is 3.09. The fraction of sp³-hybridized carbons (Fsp3) is 0.625. The molecule has 2 saturated heterocycles. The Morgan fingerprint density at radius 2 is 2.00 bits per heavy atom. The van der Waals surface area contributed by atoms with Crippen LogP contribution in [0.1, 0.15) is 30.4 Å². The smallest absolute Gasteiger partial charge is 0.0681 e. The van der Waals surface area contributed by atoms with Gasteiger partial charge in [-0.15, -0.1) is 0 Å². The first-order valence-corrected chi connectivity index (χ1v) is 7.47. The number of aliphatic hydroxyl groups excluding tert-OH is 1. The van der Waals surface area contributed by atoms with Crippen LogP contribution < -0.4 is 4.90 Å². The number of hydrogen-bond donors (Lipinski definition) is 1. The molecule has 0 aliphatic carbocycles. The van der Waals surface area contributed by atoms with Crippen molar-refractivity contribution >= 4 is 5.69 Å². The third-order valence-electron chi connectivity index (χ3n) is 4.60. The number of likely N-dealkylation sites (tertiary alicyclic amines) is 1. The SMILES string of the molecule is Cc1cc(CO)ccc1N1CCC(N2CCCC2)C1. The van der Waals surface area contributed by atoms with Gasteiger partial charge in [0.15, 0.2) is 0 Å². The Bertz CT molecular complexity index is 440. The van der Waals surface area contributed by atoms with Crippen LogP contribution in [-0.4, -0.2) is 42.2 Å². The van der Waals surface area contributed by atoms with E-state index in [9.17, 15) is 5.11 Å². The average molecular weight is 260 g/mol. The minimum absolute atomic E-state index is 0.136. The Hall–Kier alpha value is -1.06. The molecule has 1 N–H and O–H groups in total. The molecule has 104 valence electrons. The molecule has 2 fully saturated rings. The van der Waals surface area contributed by atoms with E-state index in [4.69, 9.17) is 0 Å². The topological polar surface area (TPSA) is 26.7 Å². The molecule has 2 aliphatic rings. The fourth-order valence-corrected chi connectivity index (χ4v) is 3.54. The van der Waals surface area contributed by atoms with Crippen molar-refractivity contribution in [1.82, 2.24) is 4.90 Å². The molecule has 2 heterocycles. The summed E-state index contributed by atoms with van der Waals surface area (Å²) in [6.45, 7) is 7.21. The van der Waals surface area contributed by atoms with Gasteiger partial charge in [0.2, 0.25) is 0 Å². The van der Waals surface area contributed by atoms with Gasteiger partial charge in [-0.25, -0.2) is 0 Å². The summed E-state index contributed by atoms with van der Waals surface area (Å²) >= 11 is 0. The Morgan fingerprint density at radius 3 is 2.68 bits per heavy atom. The molecule has 2 aliphatic heterocycles. The van der Waals surface area contributed by atoms with Crippen molar-refractivity contribution in [3.05, 3.63) is 29.3 Å². The van der Waals surface area contributed by atoms with Gasteiger partial charge in [0, 0.05) is 24.8 Å². The second-order valence-corrected chi connectivity index (χ2v) is 5.91. The molecule has 0 radical (unpaired) electrons. The zero-order chi connectivity index (χ0) is 13.2. The van der Waals surface area contributed by atoms with Crippen LogP contribution >= 0.6 is 0 Å². The molecule has 19 heavy (non-hydrogen) atoms. The van der Waals surface area contributed by atoms with Crippen LogP contribution in [0.3, 0.4) is 0 Å². The molecule has 0 saturated carbocycles. The van der Waals surface area contributed by atoms with Crippen molar-refractivity contribution in [1.29, 1.82) is 0 Å². The number of anilines is 1. The Labute approximate surface area is 115 Å². The number of rotatable bonds is 3. The van der Waals surface area contributed by atoms with Gasteiger partial charge >= 0.3 is 0 Å². The molecule has 3 rings (SSSR count). The van der Waals surface area contributed by atoms with E-state index in [2.05, 4.69) is 28.9 Å². The Balaban J connectivity index is 1.70. The maximum absolute atomic E-state index is 9.18. The van der Waals surface area contributed by atoms with E-state index in [1.165, 1.54) is 56.7 Å². The highest BCUT2D eigenvalue weighted by Gasteiger charge is 2.29. The molecule has 0 bridgehead atoms. The van der Waals surface area contributed by atoms with Gasteiger partial charge in [-0.1, -0.05) is 12.1 Å². The van der Waals surface area contributed by atoms with Gasteiger partial charge in [-0.05, 0) is 56.5 Å². The van der Waals surface area contributed by atoms with Crippen LogP contribution in [0.25, 0.3) is 0 Å². The predicted octanol–water partition coefficient (Wildman–Crippen LogP) is 2.16. The molecule has 0 spiro atoms. The highest BCUT2D eigenvalue weighted by Crippen LogP contribution is 2.28. The lowest BCUT2D eigenvalue weighted by Crippen LogP contribution is -2.35. The summed E-state index contributed by atoms with van der Waals surface area (Å²) < 4.78 is 0. The van der Waals surface area contributed by atoms with Crippen molar-refractivity contribution in [2.75, 3.05) is 31.1 Å². The molecule has 3 nitrogen and oxygen atoms in total. The van der Waals surface area contributed by atoms with Crippen molar-refractivity contribution in [2.45, 2.75) is 38.8 Å². The number of hydrogen-bond acceptors (Lipinski definition) is 3. The van der Waals surface area contributed by atoms with E-state index in [-0.39, 0.29) is 6.61 Å². The molecule has 1 aromatic carbocycles. The summed E-state index contributed by atoms with van der Waals surface area (Å²) in [6, 6.07) is 7.08. The normalized spacial score (nSPS) is 24.3. The monoisotopic (exact) mass is 260 g/mol. The lowest BCUT2D eigenvalue weighted by molar-refractivity contribution is 0.260. The number of benzene rings is 1. The lowest BCUT2D eigenvalue weighted by Gasteiger charge is -2.25. The van der Waals surface area contributed by atoms with Crippen molar-refractivity contribution in [3.8, 4) is 0 Å². The summed E-state index contributed by atoms with van der Waals surface area (Å²) in [7, 11) is 0. The predicted molar refractivity (Wildman–Crippen MR) is 78.5 cm³/mol. The van der Waals surface area contributed by atoms with Gasteiger partial charge in [0.1, 0.15) is 0 Å². The van der Waals surface area contributed by atoms with Crippen LogP contribution in [0.5, 0.6) is 0 Å². The molecule has 0 aromatic heterocycles. The highest BCUT2D eigenvalue weighted by atomic mass is 16.3. The van der Waals surface area contributed by atoms with Gasteiger partial charge in [-0.2, -0.15) is 0 Å². The molecule has 1 atom stereocenters. The number of aliphatic hydroxyl groups is 1. The largest absolute Gasteiger partial charge is 0.392 e. The van der Waals surface area contributed by atoms with Crippen molar-refractivity contribution in [3.63, 3.8) is 0 Å². The zero-order valence-corrected chi connectivity index (χ0v) is 11.8. The fourth-order valence-electron chi connectivity index (χ4n) is 3.54. The van der Waals surface area contributed by atoms with E-state index in [1.807, 2.05) is 6.07 Å². The van der Waals surface area contributed by atoms with Crippen LogP contribution in [0.2, 0.25) is 0 Å². The third kappa shape index (κ3) is 2.63. The van der Waals surface area contributed by atoms with Crippen LogP contribution in [0.4, 0.5) is 5.69 Å². The van der Waals surface area contributed by atoms with Crippen LogP contribution in [0.15, 0.2) is 18.2 Å². The summed E-state index contributed by atoms with van der Waals surface area (Å²) in [5.74, 6) is 0. The van der Waals surface area contributed by atoms with E-state index in [1.54, 1.807) is 0 Å². The van der Waals surface area contributed by atoms with E-state index in [0.717, 1.165) is 11.6 Å². The minimum atomic E-state index is 0.136. The van der Waals surface area contributed by atoms with Crippen LogP contribution in [-0.2, 0) is 6.61 Å². The second kappa shape index (κ2) is 5.51. The summed E-state index contributed by atoms with van der Waals surface area (Å²) in [4.78, 5) is 5.18. The van der Waals surface area contributed by atoms with Crippen molar-refractivity contribution in [2.24, 2.45) is 0 Å². The Kier molecular flexibility index (Phi) is 3.76. The number of aryl methyl sites for hydroxylation is 1. The highest BCUT2D eigenvalue weighted by molar-refractivity contribution is 5.55. The summed E-state index contributed by atoms with van der Waals surface area (Å²) in [6.07, 6.45) is 4.04. The molecular formula is C16H24N2O. The molecule has 1 unspecified atom stereocenters. The first-order chi connectivity index (χ1) is 9.28. The maximum atomic E-state index is 9.18. The van der Waals surface area contributed by atoms with Crippen LogP contribution in [0, 0.1) is 6.92 Å². The third-order valence-corrected chi connectivity index (χ3v) is 4.60. The van der Waals surface area contributed by atoms with Gasteiger partial charge in [-0.3, -0.25) is 4.90 Å². The number of nitrogens with zero attached hydrogens (tertiary/aromatic N) is 2. The van der Waals surface area contributed by atoms with E-state index >= 15 is 0 Å². The first-order valence-electron chi connectivity index (χ1n) is 7.47. The molecule has 3 heteroatoms. The minimum Gasteiger partial charge on any atom is -0.392 e. The lowest BCUT2D eigenvalue weighted by atomic mass is 10.1. The standard InChI is InChI=1S/C16H24N2O/c1-13-10-14(12-19)4-5-16(13)18-9-6-15(11-18)17-7-2-3-8-17/h4-5,10,15,19H,2-3,6-9,11-12H2,1H3. The summed E-state index contributed by atoms with van der Waals surface area (Å²) in [5.41, 5.74) is 3.64. The molecule has 1 aromatic rings. The second-order valence-electron chi connectivity index (χ2n) is 5.91.